The summed E-state index contributed by atoms with van der Waals surface area (Å²) >= 11 is 0. The third-order valence-corrected chi connectivity index (χ3v) is 6.18. The number of halogens is 1. The molecule has 31 heavy (non-hydrogen) atoms. The lowest BCUT2D eigenvalue weighted by Gasteiger charge is -2.15. The van der Waals surface area contributed by atoms with Crippen LogP contribution >= 0.6 is 0 Å². The summed E-state index contributed by atoms with van der Waals surface area (Å²) in [4.78, 5) is 24.5. The number of rotatable bonds is 8. The van der Waals surface area contributed by atoms with Crippen LogP contribution in [-0.4, -0.2) is 45.4 Å². The van der Waals surface area contributed by atoms with Crippen molar-refractivity contribution in [2.75, 3.05) is 23.7 Å². The summed E-state index contributed by atoms with van der Waals surface area (Å²) < 4.78 is 45.8. The van der Waals surface area contributed by atoms with E-state index in [2.05, 4.69) is 10.0 Å². The first-order valence-corrected chi connectivity index (χ1v) is 11.4. The summed E-state index contributed by atoms with van der Waals surface area (Å²) in [7, 11) is -3.33. The van der Waals surface area contributed by atoms with Crippen molar-refractivity contribution in [3.05, 3.63) is 53.8 Å². The standard InChI is InChI=1S/C21H24FN3O5S/c1-3-31(28,29)24-11-15-5-4-6-16(9-15)19-8-7-17(10-20(19)22)25-13-18(30-21(25)27)12-23-14(2)26/h4-10,18,24H,3,11-13H2,1-2H3,(H,23,26)/t18-/m0/s1. The quantitative estimate of drug-likeness (QED) is 0.644. The number of benzene rings is 2. The van der Waals surface area contributed by atoms with Crippen molar-refractivity contribution in [1.29, 1.82) is 0 Å². The van der Waals surface area contributed by atoms with Gasteiger partial charge in [-0.05, 0) is 42.3 Å². The molecule has 3 rings (SSSR count). The number of hydrogen-bond donors (Lipinski definition) is 2. The van der Waals surface area contributed by atoms with Gasteiger partial charge in [-0.25, -0.2) is 22.3 Å². The lowest BCUT2D eigenvalue weighted by atomic mass is 10.0. The normalized spacial score (nSPS) is 16.3. The monoisotopic (exact) mass is 449 g/mol. The van der Waals surface area contributed by atoms with Gasteiger partial charge >= 0.3 is 6.09 Å². The maximum absolute atomic E-state index is 14.9. The summed E-state index contributed by atoms with van der Waals surface area (Å²) in [5.74, 6) is -0.774. The van der Waals surface area contributed by atoms with Gasteiger partial charge in [-0.15, -0.1) is 0 Å². The molecule has 2 N–H and O–H groups in total. The van der Waals surface area contributed by atoms with Crippen LogP contribution in [0.5, 0.6) is 0 Å². The highest BCUT2D eigenvalue weighted by Gasteiger charge is 2.32. The second-order valence-electron chi connectivity index (χ2n) is 7.14. The highest BCUT2D eigenvalue weighted by atomic mass is 32.2. The molecule has 1 saturated heterocycles. The molecule has 2 aromatic rings. The van der Waals surface area contributed by atoms with Crippen LogP contribution in [0.25, 0.3) is 11.1 Å². The lowest BCUT2D eigenvalue weighted by Crippen LogP contribution is -2.33. The van der Waals surface area contributed by atoms with E-state index < -0.39 is 28.0 Å². The summed E-state index contributed by atoms with van der Waals surface area (Å²) in [6.45, 7) is 3.42. The number of amides is 2. The number of carbonyl (C=O) groups is 2. The number of sulfonamides is 1. The molecule has 0 bridgehead atoms. The van der Waals surface area contributed by atoms with Crippen molar-refractivity contribution < 1.29 is 27.1 Å². The first kappa shape index (κ1) is 22.7. The van der Waals surface area contributed by atoms with E-state index in [1.807, 2.05) is 0 Å². The molecule has 0 unspecified atom stereocenters. The molecular formula is C21H24FN3O5S. The van der Waals surface area contributed by atoms with Gasteiger partial charge in [0.15, 0.2) is 0 Å². The smallest absolute Gasteiger partial charge is 0.414 e. The van der Waals surface area contributed by atoms with Crippen LogP contribution in [-0.2, 0) is 26.1 Å². The van der Waals surface area contributed by atoms with Gasteiger partial charge in [0.25, 0.3) is 0 Å². The SMILES string of the molecule is CCS(=O)(=O)NCc1cccc(-c2ccc(N3C[C@H](CNC(C)=O)OC3=O)cc2F)c1. The van der Waals surface area contributed by atoms with Crippen LogP contribution in [0.1, 0.15) is 19.4 Å². The third-order valence-electron chi connectivity index (χ3n) is 4.83. The van der Waals surface area contributed by atoms with E-state index in [9.17, 15) is 22.4 Å². The van der Waals surface area contributed by atoms with Gasteiger partial charge in [0.2, 0.25) is 15.9 Å². The fourth-order valence-electron chi connectivity index (χ4n) is 3.15. The van der Waals surface area contributed by atoms with E-state index >= 15 is 0 Å². The second-order valence-corrected chi connectivity index (χ2v) is 9.24. The van der Waals surface area contributed by atoms with Crippen LogP contribution < -0.4 is 14.9 Å². The molecule has 0 spiro atoms. The van der Waals surface area contributed by atoms with Gasteiger partial charge < -0.3 is 10.1 Å². The predicted octanol–water partition coefficient (Wildman–Crippen LogP) is 2.39. The molecule has 1 aliphatic rings. The Morgan fingerprint density at radius 1 is 1.26 bits per heavy atom. The molecule has 0 radical (unpaired) electrons. The zero-order valence-electron chi connectivity index (χ0n) is 17.2. The topological polar surface area (TPSA) is 105 Å². The van der Waals surface area contributed by atoms with Gasteiger partial charge in [-0.3, -0.25) is 9.69 Å². The summed E-state index contributed by atoms with van der Waals surface area (Å²) in [6, 6.07) is 11.4. The fraction of sp³-hybridized carbons (Fsp3) is 0.333. The van der Waals surface area contributed by atoms with Gasteiger partial charge in [-0.2, -0.15) is 0 Å². The van der Waals surface area contributed by atoms with E-state index in [0.717, 1.165) is 0 Å². The minimum atomic E-state index is -3.33. The highest BCUT2D eigenvalue weighted by Crippen LogP contribution is 2.29. The van der Waals surface area contributed by atoms with Crippen molar-refractivity contribution in [1.82, 2.24) is 10.0 Å². The predicted molar refractivity (Wildman–Crippen MR) is 114 cm³/mol. The second kappa shape index (κ2) is 9.44. The van der Waals surface area contributed by atoms with E-state index in [4.69, 9.17) is 4.74 Å². The molecule has 8 nitrogen and oxygen atoms in total. The zero-order chi connectivity index (χ0) is 22.6. The molecular weight excluding hydrogens is 425 g/mol. The molecule has 1 atom stereocenters. The van der Waals surface area contributed by atoms with E-state index in [-0.39, 0.29) is 31.3 Å². The van der Waals surface area contributed by atoms with Gasteiger partial charge in [-0.1, -0.05) is 18.2 Å². The fourth-order valence-corrected chi connectivity index (χ4v) is 3.74. The third kappa shape index (κ3) is 5.80. The molecule has 10 heteroatoms. The van der Waals surface area contributed by atoms with E-state index in [1.165, 1.54) is 17.9 Å². The summed E-state index contributed by atoms with van der Waals surface area (Å²) in [5.41, 5.74) is 1.96. The Bertz CT molecular complexity index is 1090. The molecule has 0 aliphatic carbocycles. The molecule has 0 saturated carbocycles. The molecule has 0 aromatic heterocycles. The number of hydrogen-bond acceptors (Lipinski definition) is 5. The van der Waals surface area contributed by atoms with Crippen molar-refractivity contribution in [3.8, 4) is 11.1 Å². The van der Waals surface area contributed by atoms with Crippen LogP contribution in [0.3, 0.4) is 0 Å². The molecule has 2 aromatic carbocycles. The number of cyclic esters (lactones) is 1. The van der Waals surface area contributed by atoms with Crippen molar-refractivity contribution in [2.24, 2.45) is 0 Å². The Morgan fingerprint density at radius 3 is 2.71 bits per heavy atom. The van der Waals surface area contributed by atoms with E-state index in [0.29, 0.717) is 22.4 Å². The Kier molecular flexibility index (Phi) is 6.91. The van der Waals surface area contributed by atoms with Gasteiger partial charge in [0, 0.05) is 19.0 Å². The number of carbonyl (C=O) groups excluding carboxylic acids is 2. The summed E-state index contributed by atoms with van der Waals surface area (Å²) in [5, 5.41) is 2.59. The van der Waals surface area contributed by atoms with Crippen LogP contribution in [0.4, 0.5) is 14.9 Å². The number of nitrogens with zero attached hydrogens (tertiary/aromatic N) is 1. The molecule has 1 aliphatic heterocycles. The minimum absolute atomic E-state index is 0.0204. The average Bonchev–Trinajstić information content (AvgIpc) is 3.11. The number of anilines is 1. The van der Waals surface area contributed by atoms with Crippen LogP contribution in [0.15, 0.2) is 42.5 Å². The molecule has 166 valence electrons. The van der Waals surface area contributed by atoms with Gasteiger partial charge in [0.1, 0.15) is 11.9 Å². The Balaban J connectivity index is 1.75. The van der Waals surface area contributed by atoms with Crippen molar-refractivity contribution in [2.45, 2.75) is 26.5 Å². The van der Waals surface area contributed by atoms with Gasteiger partial charge in [0.05, 0.1) is 24.5 Å². The molecule has 2 amide bonds. The maximum Gasteiger partial charge on any atom is 0.414 e. The first-order valence-electron chi connectivity index (χ1n) is 9.77. The number of ether oxygens (including phenoxy) is 1. The Labute approximate surface area is 180 Å². The lowest BCUT2D eigenvalue weighted by molar-refractivity contribution is -0.119. The Hall–Kier alpha value is -2.98. The Morgan fingerprint density at radius 2 is 2.03 bits per heavy atom. The zero-order valence-corrected chi connectivity index (χ0v) is 18.0. The highest BCUT2D eigenvalue weighted by molar-refractivity contribution is 7.89. The largest absolute Gasteiger partial charge is 0.442 e. The van der Waals surface area contributed by atoms with Crippen molar-refractivity contribution in [3.63, 3.8) is 0 Å². The maximum atomic E-state index is 14.9. The number of nitrogens with one attached hydrogen (secondary N) is 2. The van der Waals surface area contributed by atoms with E-state index in [1.54, 1.807) is 43.3 Å². The first-order chi connectivity index (χ1) is 14.7. The molecule has 1 fully saturated rings. The summed E-state index contributed by atoms with van der Waals surface area (Å²) in [6.07, 6.45) is -1.12. The molecule has 1 heterocycles. The van der Waals surface area contributed by atoms with Crippen LogP contribution in [0.2, 0.25) is 0 Å². The van der Waals surface area contributed by atoms with Crippen LogP contribution in [0, 0.1) is 5.82 Å². The average molecular weight is 450 g/mol. The minimum Gasteiger partial charge on any atom is -0.442 e. The van der Waals surface area contributed by atoms with Crippen molar-refractivity contribution >= 4 is 27.7 Å².